The van der Waals surface area contributed by atoms with Crippen molar-refractivity contribution in [2.24, 2.45) is 0 Å². The van der Waals surface area contributed by atoms with Crippen molar-refractivity contribution >= 4 is 43.8 Å². The number of furan rings is 1. The summed E-state index contributed by atoms with van der Waals surface area (Å²) in [7, 11) is -5.52. The van der Waals surface area contributed by atoms with E-state index < -0.39 is 34.8 Å². The molecule has 0 fully saturated rings. The largest absolute Gasteiger partial charge is 0.487 e. The fraction of sp³-hybridized carbons (Fsp3) is 0.172. The molecule has 5 aromatic rings. The van der Waals surface area contributed by atoms with Gasteiger partial charge in [0.05, 0.1) is 22.8 Å². The molecule has 3 aromatic carbocycles. The first kappa shape index (κ1) is 20.0. The van der Waals surface area contributed by atoms with Crippen LogP contribution in [0.5, 0.6) is 5.75 Å². The SMILES string of the molecule is [2H]C([2H])(NCc1ccc(-c2ccc3ncnc(Nc4ccc(OCc5cccc(F)c5)c(Cl)c4)c3c2)o1)C([2H])([2H])S(=O)(=O)[13C]([2H])([2H])[2H]. The minimum Gasteiger partial charge on any atom is -0.487 e. The van der Waals surface area contributed by atoms with E-state index in [0.717, 1.165) is 0 Å². The summed E-state index contributed by atoms with van der Waals surface area (Å²) in [6, 6.07) is 19.4. The molecule has 0 aliphatic rings. The molecule has 40 heavy (non-hydrogen) atoms. The minimum absolute atomic E-state index is 0.128. The van der Waals surface area contributed by atoms with Crippen molar-refractivity contribution < 1.29 is 31.6 Å². The maximum atomic E-state index is 13.5. The zero-order valence-electron chi connectivity index (χ0n) is 27.6. The van der Waals surface area contributed by atoms with Gasteiger partial charge in [0.2, 0.25) is 0 Å². The highest BCUT2D eigenvalue weighted by molar-refractivity contribution is 7.90. The molecule has 0 spiro atoms. The van der Waals surface area contributed by atoms with Gasteiger partial charge < -0.3 is 19.8 Å². The number of halogens is 2. The van der Waals surface area contributed by atoms with Crippen molar-refractivity contribution in [1.82, 2.24) is 15.3 Å². The van der Waals surface area contributed by atoms with Gasteiger partial charge >= 0.3 is 0 Å². The Morgan fingerprint density at radius 1 is 1.10 bits per heavy atom. The fourth-order valence-corrected chi connectivity index (χ4v) is 4.23. The van der Waals surface area contributed by atoms with Gasteiger partial charge in [-0.3, -0.25) is 0 Å². The lowest BCUT2D eigenvalue weighted by atomic mass is 10.1. The Hall–Kier alpha value is -3.99. The zero-order chi connectivity index (χ0) is 34.2. The molecule has 0 unspecified atom stereocenters. The predicted molar refractivity (Wildman–Crippen MR) is 154 cm³/mol. The molecule has 2 aromatic heterocycles. The number of nitrogens with one attached hydrogen (secondary N) is 2. The smallest absolute Gasteiger partial charge is 0.148 e. The number of sulfone groups is 1. The molecule has 206 valence electrons. The average molecular weight is 589 g/mol. The Balaban J connectivity index is 1.31. The van der Waals surface area contributed by atoms with E-state index in [4.69, 9.17) is 30.4 Å². The second-order valence-electron chi connectivity index (χ2n) is 8.49. The third kappa shape index (κ3) is 7.15. The molecule has 0 bridgehead atoms. The Bertz CT molecular complexity index is 2040. The molecule has 0 amide bonds. The summed E-state index contributed by atoms with van der Waals surface area (Å²) in [5.41, 5.74) is -1.34. The van der Waals surface area contributed by atoms with Gasteiger partial charge in [0.15, 0.2) is 0 Å². The Labute approximate surface area is 245 Å². The maximum absolute atomic E-state index is 13.5. The van der Waals surface area contributed by atoms with Crippen LogP contribution in [0.4, 0.5) is 15.9 Å². The standard InChI is InChI=1S/C29H26ClFN4O4S/c1-40(36,37)12-11-32-16-23-7-10-27(39-23)20-5-8-26-24(14-20)29(34-18-33-26)35-22-6-9-28(25(30)15-22)38-17-19-3-2-4-21(31)13-19/h2-10,13-15,18,32H,11-12,16-17H2,1H3,(H,33,34,35)/i1+1D3,11D2,12D2. The molecule has 11 heteroatoms. The third-order valence-corrected chi connectivity index (χ3v) is 6.26. The maximum Gasteiger partial charge on any atom is 0.148 e. The molecule has 5 rings (SSSR count). The van der Waals surface area contributed by atoms with E-state index in [0.29, 0.717) is 50.1 Å². The van der Waals surface area contributed by atoms with Crippen LogP contribution in [0, 0.1) is 5.82 Å². The van der Waals surface area contributed by atoms with Gasteiger partial charge in [0.25, 0.3) is 0 Å². The van der Waals surface area contributed by atoms with Crippen LogP contribution in [0.25, 0.3) is 22.2 Å². The van der Waals surface area contributed by atoms with Crippen molar-refractivity contribution in [3.8, 4) is 17.1 Å². The third-order valence-electron chi connectivity index (χ3n) is 5.60. The number of anilines is 2. The number of hydrogen-bond acceptors (Lipinski definition) is 8. The van der Waals surface area contributed by atoms with Crippen molar-refractivity contribution in [2.75, 3.05) is 23.7 Å². The molecular formula is C29H26ClFN4O4S. The number of aromatic nitrogens is 2. The molecule has 0 aliphatic carbocycles. The number of benzene rings is 3. The second kappa shape index (κ2) is 12.0. The first-order valence-corrected chi connectivity index (χ1v) is 13.6. The van der Waals surface area contributed by atoms with E-state index in [2.05, 4.69) is 20.6 Å². The number of nitrogens with zero attached hydrogens (tertiary/aromatic N) is 2. The lowest BCUT2D eigenvalue weighted by Gasteiger charge is -2.12. The molecule has 0 atom stereocenters. The molecule has 2 N–H and O–H groups in total. The number of ether oxygens (including phenoxy) is 1. The Morgan fingerprint density at radius 3 is 2.83 bits per heavy atom. The van der Waals surface area contributed by atoms with Gasteiger partial charge in [0.1, 0.15) is 51.7 Å². The lowest BCUT2D eigenvalue weighted by molar-refractivity contribution is 0.306. The molecule has 8 nitrogen and oxygen atoms in total. The van der Waals surface area contributed by atoms with E-state index >= 15 is 0 Å². The normalized spacial score (nSPS) is 15.2. The van der Waals surface area contributed by atoms with Gasteiger partial charge in [-0.2, -0.15) is 0 Å². The second-order valence-corrected chi connectivity index (χ2v) is 10.1. The van der Waals surface area contributed by atoms with Crippen LogP contribution in [0.3, 0.4) is 0 Å². The van der Waals surface area contributed by atoms with Gasteiger partial charge in [-0.1, -0.05) is 23.7 Å². The van der Waals surface area contributed by atoms with Crippen molar-refractivity contribution in [2.45, 2.75) is 13.2 Å². The van der Waals surface area contributed by atoms with Crippen molar-refractivity contribution in [1.29, 1.82) is 0 Å². The fourth-order valence-electron chi connectivity index (χ4n) is 3.79. The van der Waals surface area contributed by atoms with E-state index in [-0.39, 0.29) is 18.2 Å². The molecule has 0 radical (unpaired) electrons. The molecule has 0 saturated heterocycles. The van der Waals surface area contributed by atoms with Crippen LogP contribution in [0.2, 0.25) is 5.02 Å². The Morgan fingerprint density at radius 2 is 2.00 bits per heavy atom. The van der Waals surface area contributed by atoms with E-state index in [9.17, 15) is 12.8 Å². The highest BCUT2D eigenvalue weighted by atomic mass is 35.5. The molecule has 0 saturated carbocycles. The van der Waals surface area contributed by atoms with Crippen LogP contribution in [-0.2, 0) is 23.0 Å². The predicted octanol–water partition coefficient (Wildman–Crippen LogP) is 6.14. The van der Waals surface area contributed by atoms with Crippen molar-refractivity contribution in [3.63, 3.8) is 0 Å². The summed E-state index contributed by atoms with van der Waals surface area (Å²) in [6.45, 7) is -3.60. The number of hydrogen-bond donors (Lipinski definition) is 2. The summed E-state index contributed by atoms with van der Waals surface area (Å²) < 4.78 is 102. The van der Waals surface area contributed by atoms with Gasteiger partial charge in [0, 0.05) is 38.9 Å². The van der Waals surface area contributed by atoms with Crippen molar-refractivity contribution in [3.05, 3.63) is 101 Å². The minimum atomic E-state index is -5.52. The Kier molecular flexibility index (Phi) is 6.01. The summed E-state index contributed by atoms with van der Waals surface area (Å²) in [5, 5.41) is 6.26. The average Bonchev–Trinajstić information content (AvgIpc) is 3.48. The summed E-state index contributed by atoms with van der Waals surface area (Å²) in [4.78, 5) is 8.66. The molecule has 2 heterocycles. The molecular weight excluding hydrogens is 556 g/mol. The van der Waals surface area contributed by atoms with Crippen LogP contribution >= 0.6 is 11.6 Å². The van der Waals surface area contributed by atoms with E-state index in [1.165, 1.54) is 24.5 Å². The highest BCUT2D eigenvalue weighted by Gasteiger charge is 2.11. The summed E-state index contributed by atoms with van der Waals surface area (Å²) >= 11 is 6.45. The molecule has 0 aliphatic heterocycles. The van der Waals surface area contributed by atoms with Crippen LogP contribution in [0.15, 0.2) is 83.5 Å². The lowest BCUT2D eigenvalue weighted by Crippen LogP contribution is -2.21. The zero-order valence-corrected chi connectivity index (χ0v) is 22.2. The number of fused-ring (bicyclic) bond motifs is 1. The first-order valence-electron chi connectivity index (χ1n) is 15.3. The highest BCUT2D eigenvalue weighted by Crippen LogP contribution is 2.32. The summed E-state index contributed by atoms with van der Waals surface area (Å²) in [5.74, 6) is 0.961. The van der Waals surface area contributed by atoms with Crippen LogP contribution < -0.4 is 15.4 Å². The van der Waals surface area contributed by atoms with E-state index in [1.54, 1.807) is 54.6 Å². The summed E-state index contributed by atoms with van der Waals surface area (Å²) in [6.07, 6.45) is -2.37. The van der Waals surface area contributed by atoms with Gasteiger partial charge in [-0.25, -0.2) is 22.8 Å². The van der Waals surface area contributed by atoms with Gasteiger partial charge in [-0.15, -0.1) is 0 Å². The van der Waals surface area contributed by atoms with E-state index in [1.807, 2.05) is 0 Å². The van der Waals surface area contributed by atoms with Gasteiger partial charge in [-0.05, 0) is 66.2 Å². The van der Waals surface area contributed by atoms with Crippen LogP contribution in [0.1, 0.15) is 20.9 Å². The quantitative estimate of drug-likeness (QED) is 0.177. The topological polar surface area (TPSA) is 106 Å². The first-order chi connectivity index (χ1) is 22.0. The monoisotopic (exact) mass is 588 g/mol. The number of rotatable bonds is 11. The van der Waals surface area contributed by atoms with Crippen LogP contribution in [-0.4, -0.2) is 36.8 Å².